The van der Waals surface area contributed by atoms with Crippen molar-refractivity contribution in [2.45, 2.75) is 12.8 Å². The van der Waals surface area contributed by atoms with Crippen molar-refractivity contribution in [3.8, 4) is 5.75 Å². The number of carboxylic acids is 1. The van der Waals surface area contributed by atoms with Crippen LogP contribution in [0.25, 0.3) is 0 Å². The minimum absolute atomic E-state index is 0.0729. The summed E-state index contributed by atoms with van der Waals surface area (Å²) in [5.74, 6) is -0.734. The summed E-state index contributed by atoms with van der Waals surface area (Å²) in [7, 11) is 1.55. The second-order valence-corrected chi connectivity index (χ2v) is 4.22. The van der Waals surface area contributed by atoms with Crippen LogP contribution in [0.2, 0.25) is 0 Å². The Bertz CT molecular complexity index is 448. The predicted octanol–water partition coefficient (Wildman–Crippen LogP) is 1.05. The highest BCUT2D eigenvalue weighted by Crippen LogP contribution is 2.10. The number of phenolic OH excluding ortho intramolecular Hbond substituents is 1. The molecule has 0 spiro atoms. The average Bonchev–Trinajstić information content (AvgIpc) is 2.35. The molecule has 0 fully saturated rings. The number of rotatable bonds is 6. The number of hydrogen-bond donors (Lipinski definition) is 3. The number of aromatic hydroxyl groups is 1. The van der Waals surface area contributed by atoms with Gasteiger partial charge in [0.1, 0.15) is 5.75 Å². The van der Waals surface area contributed by atoms with Gasteiger partial charge in [-0.05, 0) is 24.1 Å². The van der Waals surface area contributed by atoms with Crippen LogP contribution in [0.3, 0.4) is 0 Å². The van der Waals surface area contributed by atoms with Crippen molar-refractivity contribution in [3.05, 3.63) is 29.8 Å². The third kappa shape index (κ3) is 5.76. The summed E-state index contributed by atoms with van der Waals surface area (Å²) >= 11 is 0. The molecule has 1 rings (SSSR count). The molecule has 1 aromatic rings. The van der Waals surface area contributed by atoms with Crippen LogP contribution in [0.5, 0.6) is 5.75 Å². The van der Waals surface area contributed by atoms with E-state index in [4.69, 9.17) is 5.11 Å². The first kappa shape index (κ1) is 14.8. The van der Waals surface area contributed by atoms with Gasteiger partial charge in [0.05, 0.1) is 6.42 Å². The molecular weight excluding hydrogens is 248 g/mol. The largest absolute Gasteiger partial charge is 0.508 e. The van der Waals surface area contributed by atoms with Crippen molar-refractivity contribution in [3.63, 3.8) is 0 Å². The van der Waals surface area contributed by atoms with Crippen molar-refractivity contribution in [1.82, 2.24) is 10.2 Å². The second-order valence-electron chi connectivity index (χ2n) is 4.22. The summed E-state index contributed by atoms with van der Waals surface area (Å²) in [4.78, 5) is 23.3. The van der Waals surface area contributed by atoms with E-state index in [0.717, 1.165) is 5.56 Å². The van der Waals surface area contributed by atoms with E-state index < -0.39 is 5.97 Å². The van der Waals surface area contributed by atoms with Gasteiger partial charge >= 0.3 is 12.0 Å². The SMILES string of the molecule is CN(CCC(=O)O)C(=O)NCCc1cccc(O)c1. The van der Waals surface area contributed by atoms with Crippen molar-refractivity contribution < 1.29 is 19.8 Å². The topological polar surface area (TPSA) is 89.9 Å². The Balaban J connectivity index is 2.28. The molecule has 0 atom stereocenters. The quantitative estimate of drug-likeness (QED) is 0.718. The number of benzene rings is 1. The number of nitrogens with zero attached hydrogens (tertiary/aromatic N) is 1. The van der Waals surface area contributed by atoms with Crippen LogP contribution in [0.4, 0.5) is 4.79 Å². The zero-order valence-corrected chi connectivity index (χ0v) is 10.8. The number of carbonyl (C=O) groups excluding carboxylic acids is 1. The third-order valence-electron chi connectivity index (χ3n) is 2.61. The molecule has 0 aliphatic rings. The molecule has 3 N–H and O–H groups in total. The van der Waals surface area contributed by atoms with Crippen LogP contribution in [0.15, 0.2) is 24.3 Å². The van der Waals surface area contributed by atoms with Gasteiger partial charge in [-0.1, -0.05) is 12.1 Å². The molecule has 6 nitrogen and oxygen atoms in total. The fourth-order valence-corrected chi connectivity index (χ4v) is 1.53. The summed E-state index contributed by atoms with van der Waals surface area (Å²) in [5.41, 5.74) is 0.925. The van der Waals surface area contributed by atoms with Crippen LogP contribution in [0, 0.1) is 0 Å². The Kier molecular flexibility index (Phi) is 5.66. The van der Waals surface area contributed by atoms with E-state index >= 15 is 0 Å². The van der Waals surface area contributed by atoms with Gasteiger partial charge in [-0.3, -0.25) is 4.79 Å². The first-order chi connectivity index (χ1) is 8.99. The normalized spacial score (nSPS) is 9.95. The van der Waals surface area contributed by atoms with Crippen LogP contribution in [-0.2, 0) is 11.2 Å². The first-order valence-corrected chi connectivity index (χ1v) is 5.97. The van der Waals surface area contributed by atoms with E-state index in [9.17, 15) is 14.7 Å². The molecule has 0 saturated heterocycles. The lowest BCUT2D eigenvalue weighted by molar-refractivity contribution is -0.137. The summed E-state index contributed by atoms with van der Waals surface area (Å²) in [6.07, 6.45) is 0.531. The average molecular weight is 266 g/mol. The first-order valence-electron chi connectivity index (χ1n) is 5.97. The smallest absolute Gasteiger partial charge is 0.317 e. The standard InChI is InChI=1S/C13H18N2O4/c1-15(8-6-12(17)18)13(19)14-7-5-10-3-2-4-11(16)9-10/h2-4,9,16H,5-8H2,1H3,(H,14,19)(H,17,18). The summed E-state index contributed by atoms with van der Waals surface area (Å²) in [5, 5.41) is 20.5. The number of phenols is 1. The second kappa shape index (κ2) is 7.25. The molecule has 0 radical (unpaired) electrons. The zero-order valence-electron chi connectivity index (χ0n) is 10.8. The van der Waals surface area contributed by atoms with Gasteiger partial charge in [-0.15, -0.1) is 0 Å². The third-order valence-corrected chi connectivity index (χ3v) is 2.61. The van der Waals surface area contributed by atoms with E-state index in [0.29, 0.717) is 13.0 Å². The predicted molar refractivity (Wildman–Crippen MR) is 70.1 cm³/mol. The number of nitrogens with one attached hydrogen (secondary N) is 1. The molecule has 104 valence electrons. The monoisotopic (exact) mass is 266 g/mol. The molecule has 6 heteroatoms. The Hall–Kier alpha value is -2.24. The molecule has 2 amide bonds. The van der Waals surface area contributed by atoms with Crippen LogP contribution in [0.1, 0.15) is 12.0 Å². The molecule has 19 heavy (non-hydrogen) atoms. The molecule has 0 aromatic heterocycles. The molecule has 0 bridgehead atoms. The van der Waals surface area contributed by atoms with E-state index in [1.54, 1.807) is 25.2 Å². The molecule has 0 aliphatic carbocycles. The molecule has 0 unspecified atom stereocenters. The highest BCUT2D eigenvalue weighted by molar-refractivity contribution is 5.74. The van der Waals surface area contributed by atoms with Gasteiger partial charge in [-0.2, -0.15) is 0 Å². The van der Waals surface area contributed by atoms with Crippen LogP contribution in [-0.4, -0.2) is 47.3 Å². The number of hydrogen-bond acceptors (Lipinski definition) is 3. The molecule has 1 aromatic carbocycles. The molecule has 0 aliphatic heterocycles. The minimum atomic E-state index is -0.931. The lowest BCUT2D eigenvalue weighted by Gasteiger charge is -2.16. The van der Waals surface area contributed by atoms with Gasteiger partial charge < -0.3 is 20.4 Å². The molecular formula is C13H18N2O4. The van der Waals surface area contributed by atoms with Gasteiger partial charge in [0.15, 0.2) is 0 Å². The fraction of sp³-hybridized carbons (Fsp3) is 0.385. The van der Waals surface area contributed by atoms with E-state index in [-0.39, 0.29) is 24.7 Å². The van der Waals surface area contributed by atoms with Crippen LogP contribution < -0.4 is 5.32 Å². The van der Waals surface area contributed by atoms with Gasteiger partial charge in [-0.25, -0.2) is 4.79 Å². The highest BCUT2D eigenvalue weighted by Gasteiger charge is 2.09. The van der Waals surface area contributed by atoms with Crippen molar-refractivity contribution >= 4 is 12.0 Å². The Morgan fingerprint density at radius 1 is 1.37 bits per heavy atom. The maximum atomic E-state index is 11.6. The van der Waals surface area contributed by atoms with E-state index in [1.165, 1.54) is 4.90 Å². The summed E-state index contributed by atoms with van der Waals surface area (Å²) < 4.78 is 0. The number of carboxylic acid groups (broad SMARTS) is 1. The minimum Gasteiger partial charge on any atom is -0.508 e. The van der Waals surface area contributed by atoms with Gasteiger partial charge in [0, 0.05) is 20.1 Å². The fourth-order valence-electron chi connectivity index (χ4n) is 1.53. The van der Waals surface area contributed by atoms with E-state index in [2.05, 4.69) is 5.32 Å². The number of aliphatic carboxylic acids is 1. The zero-order chi connectivity index (χ0) is 14.3. The Morgan fingerprint density at radius 3 is 2.74 bits per heavy atom. The summed E-state index contributed by atoms with van der Waals surface area (Å²) in [6.45, 7) is 0.604. The van der Waals surface area contributed by atoms with Gasteiger partial charge in [0.25, 0.3) is 0 Å². The Morgan fingerprint density at radius 2 is 2.11 bits per heavy atom. The van der Waals surface area contributed by atoms with E-state index in [1.807, 2.05) is 6.07 Å². The maximum Gasteiger partial charge on any atom is 0.317 e. The highest BCUT2D eigenvalue weighted by atomic mass is 16.4. The van der Waals surface area contributed by atoms with Crippen LogP contribution >= 0.6 is 0 Å². The van der Waals surface area contributed by atoms with Crippen molar-refractivity contribution in [2.24, 2.45) is 0 Å². The number of carbonyl (C=O) groups is 2. The van der Waals surface area contributed by atoms with Gasteiger partial charge in [0.2, 0.25) is 0 Å². The molecule has 0 heterocycles. The summed E-state index contributed by atoms with van der Waals surface area (Å²) in [6, 6.07) is 6.52. The number of amides is 2. The Labute approximate surface area is 111 Å². The number of urea groups is 1. The lowest BCUT2D eigenvalue weighted by atomic mass is 10.1. The van der Waals surface area contributed by atoms with Crippen molar-refractivity contribution in [2.75, 3.05) is 20.1 Å². The lowest BCUT2D eigenvalue weighted by Crippen LogP contribution is -2.39. The van der Waals surface area contributed by atoms with Crippen molar-refractivity contribution in [1.29, 1.82) is 0 Å². The molecule has 0 saturated carbocycles. The maximum absolute atomic E-state index is 11.6.